The van der Waals surface area contributed by atoms with Gasteiger partial charge < -0.3 is 10.5 Å². The summed E-state index contributed by atoms with van der Waals surface area (Å²) in [5, 5.41) is 1.08. The Morgan fingerprint density at radius 3 is 2.55 bits per heavy atom. The van der Waals surface area contributed by atoms with E-state index in [1.165, 1.54) is 0 Å². The number of hydrogen-bond donors (Lipinski definition) is 1. The minimum absolute atomic E-state index is 0.441. The summed E-state index contributed by atoms with van der Waals surface area (Å²) in [6.45, 7) is 1.02. The predicted octanol–water partition coefficient (Wildman–Crippen LogP) is 4.84. The molecule has 0 spiro atoms. The Kier molecular flexibility index (Phi) is 5.73. The first kappa shape index (κ1) is 15.6. The van der Waals surface area contributed by atoms with Crippen LogP contribution in [0, 0.1) is 0 Å². The van der Waals surface area contributed by atoms with Gasteiger partial charge in [0, 0.05) is 4.47 Å². The Hall–Kier alpha value is -0.740. The van der Waals surface area contributed by atoms with Gasteiger partial charge in [-0.3, -0.25) is 0 Å². The molecule has 2 nitrogen and oxygen atoms in total. The molecule has 0 atom stereocenters. The number of nitrogens with two attached hydrogens (primary N) is 1. The maximum atomic E-state index is 5.99. The van der Waals surface area contributed by atoms with Crippen molar-refractivity contribution in [2.24, 2.45) is 5.73 Å². The zero-order valence-corrected chi connectivity index (χ0v) is 13.8. The first-order chi connectivity index (χ1) is 9.60. The Morgan fingerprint density at radius 1 is 1.05 bits per heavy atom. The smallest absolute Gasteiger partial charge is 0.123 e. The van der Waals surface area contributed by atoms with Crippen molar-refractivity contribution in [2.45, 2.75) is 13.0 Å². The number of benzene rings is 2. The van der Waals surface area contributed by atoms with Crippen LogP contribution in [0.2, 0.25) is 10.0 Å². The maximum absolute atomic E-state index is 5.99. The van der Waals surface area contributed by atoms with Gasteiger partial charge in [0.05, 0.1) is 10.0 Å². The largest absolute Gasteiger partial charge is 0.489 e. The van der Waals surface area contributed by atoms with Gasteiger partial charge in [-0.1, -0.05) is 45.2 Å². The normalized spacial score (nSPS) is 10.6. The van der Waals surface area contributed by atoms with E-state index in [9.17, 15) is 0 Å². The van der Waals surface area contributed by atoms with Gasteiger partial charge in [-0.05, 0) is 54.4 Å². The van der Waals surface area contributed by atoms with Gasteiger partial charge in [-0.25, -0.2) is 0 Å². The van der Waals surface area contributed by atoms with Crippen LogP contribution in [-0.4, -0.2) is 6.54 Å². The molecule has 0 aliphatic rings. The Labute approximate surface area is 137 Å². The maximum Gasteiger partial charge on any atom is 0.123 e. The molecule has 0 amide bonds. The molecule has 0 radical (unpaired) electrons. The fourth-order valence-electron chi connectivity index (χ4n) is 1.83. The highest BCUT2D eigenvalue weighted by molar-refractivity contribution is 9.10. The SMILES string of the molecule is NCCc1cc(Br)ccc1OCc1ccc(Cl)c(Cl)c1. The van der Waals surface area contributed by atoms with E-state index < -0.39 is 0 Å². The van der Waals surface area contributed by atoms with Crippen molar-refractivity contribution in [3.05, 3.63) is 62.0 Å². The lowest BCUT2D eigenvalue weighted by Gasteiger charge is -2.12. The second-order valence-electron chi connectivity index (χ2n) is 4.33. The lowest BCUT2D eigenvalue weighted by Crippen LogP contribution is -2.05. The molecule has 106 valence electrons. The molecule has 0 aromatic heterocycles. The molecule has 2 aromatic carbocycles. The van der Waals surface area contributed by atoms with Crippen molar-refractivity contribution >= 4 is 39.1 Å². The summed E-state index contributed by atoms with van der Waals surface area (Å²) in [5.74, 6) is 0.838. The molecule has 0 bridgehead atoms. The lowest BCUT2D eigenvalue weighted by atomic mass is 10.1. The quantitative estimate of drug-likeness (QED) is 0.812. The van der Waals surface area contributed by atoms with Crippen LogP contribution in [0.5, 0.6) is 5.75 Å². The van der Waals surface area contributed by atoms with E-state index in [0.29, 0.717) is 23.2 Å². The summed E-state index contributed by atoms with van der Waals surface area (Å²) in [4.78, 5) is 0. The second-order valence-corrected chi connectivity index (χ2v) is 6.06. The van der Waals surface area contributed by atoms with E-state index in [1.54, 1.807) is 6.07 Å². The van der Waals surface area contributed by atoms with Crippen LogP contribution in [0.3, 0.4) is 0 Å². The van der Waals surface area contributed by atoms with Crippen molar-refractivity contribution < 1.29 is 4.74 Å². The first-order valence-corrected chi connectivity index (χ1v) is 7.70. The monoisotopic (exact) mass is 373 g/mol. The average Bonchev–Trinajstić information content (AvgIpc) is 2.42. The van der Waals surface area contributed by atoms with Gasteiger partial charge in [0.15, 0.2) is 0 Å². The fourth-order valence-corrected chi connectivity index (χ4v) is 2.56. The topological polar surface area (TPSA) is 35.2 Å². The highest BCUT2D eigenvalue weighted by atomic mass is 79.9. The van der Waals surface area contributed by atoms with E-state index in [-0.39, 0.29) is 0 Å². The molecule has 20 heavy (non-hydrogen) atoms. The van der Waals surface area contributed by atoms with Crippen molar-refractivity contribution in [1.29, 1.82) is 0 Å². The van der Waals surface area contributed by atoms with Crippen molar-refractivity contribution in [3.63, 3.8) is 0 Å². The summed E-state index contributed by atoms with van der Waals surface area (Å²) in [7, 11) is 0. The molecule has 0 aliphatic heterocycles. The predicted molar refractivity (Wildman–Crippen MR) is 87.7 cm³/mol. The molecular formula is C15H14BrCl2NO. The molecule has 0 fully saturated rings. The molecule has 2 aromatic rings. The highest BCUT2D eigenvalue weighted by Gasteiger charge is 2.06. The second kappa shape index (κ2) is 7.32. The Bertz CT molecular complexity index is 604. The molecule has 5 heteroatoms. The van der Waals surface area contributed by atoms with Gasteiger partial charge in [0.1, 0.15) is 12.4 Å². The molecule has 0 saturated heterocycles. The minimum atomic E-state index is 0.441. The first-order valence-electron chi connectivity index (χ1n) is 6.15. The average molecular weight is 375 g/mol. The van der Waals surface area contributed by atoms with E-state index in [0.717, 1.165) is 27.8 Å². The highest BCUT2D eigenvalue weighted by Crippen LogP contribution is 2.26. The third-order valence-electron chi connectivity index (χ3n) is 2.81. The molecule has 2 N–H and O–H groups in total. The molecule has 0 heterocycles. The number of rotatable bonds is 5. The van der Waals surface area contributed by atoms with Crippen LogP contribution in [0.4, 0.5) is 0 Å². The van der Waals surface area contributed by atoms with Gasteiger partial charge in [0.25, 0.3) is 0 Å². The van der Waals surface area contributed by atoms with E-state index in [4.69, 9.17) is 33.7 Å². The molecule has 0 saturated carbocycles. The lowest BCUT2D eigenvalue weighted by molar-refractivity contribution is 0.303. The number of halogens is 3. The Morgan fingerprint density at radius 2 is 1.85 bits per heavy atom. The fraction of sp³-hybridized carbons (Fsp3) is 0.200. The summed E-state index contributed by atoms with van der Waals surface area (Å²) >= 11 is 15.3. The van der Waals surface area contributed by atoms with Crippen molar-refractivity contribution in [1.82, 2.24) is 0 Å². The van der Waals surface area contributed by atoms with Crippen LogP contribution in [0.1, 0.15) is 11.1 Å². The van der Waals surface area contributed by atoms with Crippen LogP contribution >= 0.6 is 39.1 Å². The zero-order valence-electron chi connectivity index (χ0n) is 10.7. The zero-order chi connectivity index (χ0) is 14.5. The Balaban J connectivity index is 2.11. The van der Waals surface area contributed by atoms with E-state index in [1.807, 2.05) is 30.3 Å². The van der Waals surface area contributed by atoms with E-state index >= 15 is 0 Å². The van der Waals surface area contributed by atoms with E-state index in [2.05, 4.69) is 15.9 Å². The summed E-state index contributed by atoms with van der Waals surface area (Å²) in [6.07, 6.45) is 0.774. The third-order valence-corrected chi connectivity index (χ3v) is 4.05. The van der Waals surface area contributed by atoms with Gasteiger partial charge in [-0.2, -0.15) is 0 Å². The summed E-state index contributed by atoms with van der Waals surface area (Å²) < 4.78 is 6.86. The molecular weight excluding hydrogens is 361 g/mol. The summed E-state index contributed by atoms with van der Waals surface area (Å²) in [6, 6.07) is 11.4. The molecule has 0 aliphatic carbocycles. The van der Waals surface area contributed by atoms with Crippen molar-refractivity contribution in [2.75, 3.05) is 6.54 Å². The number of hydrogen-bond acceptors (Lipinski definition) is 2. The van der Waals surface area contributed by atoms with Crippen molar-refractivity contribution in [3.8, 4) is 5.75 Å². The minimum Gasteiger partial charge on any atom is -0.489 e. The third kappa shape index (κ3) is 4.13. The molecule has 0 unspecified atom stereocenters. The molecule has 2 rings (SSSR count). The van der Waals surface area contributed by atoms with Crippen LogP contribution in [0.25, 0.3) is 0 Å². The summed E-state index contributed by atoms with van der Waals surface area (Å²) in [5.41, 5.74) is 7.68. The van der Waals surface area contributed by atoms with Crippen LogP contribution in [-0.2, 0) is 13.0 Å². The number of ether oxygens (including phenoxy) is 1. The standard InChI is InChI=1S/C15H14BrCl2NO/c16-12-2-4-15(11(8-12)5-6-19)20-9-10-1-3-13(17)14(18)7-10/h1-4,7-8H,5-6,9,19H2. The van der Waals surface area contributed by atoms with Crippen LogP contribution < -0.4 is 10.5 Å². The van der Waals surface area contributed by atoms with Gasteiger partial charge in [-0.15, -0.1) is 0 Å². The van der Waals surface area contributed by atoms with Crippen LogP contribution in [0.15, 0.2) is 40.9 Å². The van der Waals surface area contributed by atoms with Gasteiger partial charge in [0.2, 0.25) is 0 Å². The van der Waals surface area contributed by atoms with Gasteiger partial charge >= 0.3 is 0 Å².